The molecule has 0 saturated heterocycles. The fraction of sp³-hybridized carbons (Fsp3) is 0.200. The molecule has 128 valence electrons. The van der Waals surface area contributed by atoms with Crippen LogP contribution in [0.4, 0.5) is 4.39 Å². The lowest BCUT2D eigenvalue weighted by Gasteiger charge is -2.14. The van der Waals surface area contributed by atoms with Crippen molar-refractivity contribution in [2.75, 3.05) is 0 Å². The quantitative estimate of drug-likeness (QED) is 0.758. The Morgan fingerprint density at radius 2 is 1.96 bits per heavy atom. The fourth-order valence-electron chi connectivity index (χ4n) is 2.74. The molecule has 0 bridgehead atoms. The first-order chi connectivity index (χ1) is 12.1. The van der Waals surface area contributed by atoms with Gasteiger partial charge in [-0.05, 0) is 49.7 Å². The average Bonchev–Trinajstić information content (AvgIpc) is 3.07. The molecule has 1 aromatic carbocycles. The third-order valence-corrected chi connectivity index (χ3v) is 4.13. The van der Waals surface area contributed by atoms with Gasteiger partial charge in [-0.15, -0.1) is 0 Å². The first-order valence-electron chi connectivity index (χ1n) is 8.26. The van der Waals surface area contributed by atoms with E-state index in [1.54, 1.807) is 18.3 Å². The molecule has 3 aromatic rings. The molecule has 0 radical (unpaired) electrons. The maximum atomic E-state index is 13.1. The maximum Gasteiger partial charge on any atom is 0.268 e. The number of rotatable bonds is 5. The van der Waals surface area contributed by atoms with E-state index in [-0.39, 0.29) is 17.8 Å². The van der Waals surface area contributed by atoms with Crippen molar-refractivity contribution in [3.8, 4) is 11.1 Å². The number of amides is 1. The monoisotopic (exact) mass is 337 g/mol. The maximum absolute atomic E-state index is 13.1. The van der Waals surface area contributed by atoms with E-state index in [2.05, 4.69) is 10.3 Å². The molecule has 0 unspecified atom stereocenters. The number of carbonyl (C=O) groups excluding carboxylic acids is 1. The van der Waals surface area contributed by atoms with Gasteiger partial charge in [0.15, 0.2) is 0 Å². The van der Waals surface area contributed by atoms with Gasteiger partial charge < -0.3 is 9.88 Å². The molecule has 0 fully saturated rings. The minimum absolute atomic E-state index is 0.159. The summed E-state index contributed by atoms with van der Waals surface area (Å²) < 4.78 is 15.0. The van der Waals surface area contributed by atoms with Gasteiger partial charge in [0.25, 0.3) is 5.91 Å². The van der Waals surface area contributed by atoms with Crippen LogP contribution >= 0.6 is 0 Å². The topological polar surface area (TPSA) is 46.9 Å². The molecule has 1 N–H and O–H groups in total. The third-order valence-electron chi connectivity index (χ3n) is 4.13. The van der Waals surface area contributed by atoms with Crippen molar-refractivity contribution in [1.29, 1.82) is 0 Å². The Hall–Kier alpha value is -2.95. The van der Waals surface area contributed by atoms with Crippen molar-refractivity contribution in [2.24, 2.45) is 0 Å². The molecule has 4 nitrogen and oxygen atoms in total. The second kappa shape index (κ2) is 7.30. The molecule has 2 heterocycles. The lowest BCUT2D eigenvalue weighted by Crippen LogP contribution is -2.28. The Morgan fingerprint density at radius 1 is 1.20 bits per heavy atom. The summed E-state index contributed by atoms with van der Waals surface area (Å²) in [5, 5.41) is 2.98. The smallest absolute Gasteiger partial charge is 0.268 e. The summed E-state index contributed by atoms with van der Waals surface area (Å²) in [4.78, 5) is 17.0. The predicted octanol–water partition coefficient (Wildman–Crippen LogP) is 4.20. The van der Waals surface area contributed by atoms with Crippen molar-refractivity contribution in [2.45, 2.75) is 26.4 Å². The van der Waals surface area contributed by atoms with Gasteiger partial charge in [0, 0.05) is 24.5 Å². The van der Waals surface area contributed by atoms with Crippen molar-refractivity contribution in [1.82, 2.24) is 14.9 Å². The first kappa shape index (κ1) is 16.9. The fourth-order valence-corrected chi connectivity index (χ4v) is 2.74. The SMILES string of the molecule is CCn1cc(-c2ccc(F)cc2)cc1C(=O)N[C@@H](C)c1ccccn1. The highest BCUT2D eigenvalue weighted by Gasteiger charge is 2.17. The van der Waals surface area contributed by atoms with E-state index in [1.165, 1.54) is 12.1 Å². The Labute approximate surface area is 146 Å². The summed E-state index contributed by atoms with van der Waals surface area (Å²) in [6.45, 7) is 4.55. The van der Waals surface area contributed by atoms with Gasteiger partial charge in [-0.2, -0.15) is 0 Å². The van der Waals surface area contributed by atoms with E-state index in [9.17, 15) is 9.18 Å². The van der Waals surface area contributed by atoms with Crippen LogP contribution in [-0.4, -0.2) is 15.5 Å². The number of carbonyl (C=O) groups is 1. The van der Waals surface area contributed by atoms with Gasteiger partial charge >= 0.3 is 0 Å². The van der Waals surface area contributed by atoms with E-state index in [0.29, 0.717) is 12.2 Å². The number of nitrogens with zero attached hydrogens (tertiary/aromatic N) is 2. The zero-order chi connectivity index (χ0) is 17.8. The molecule has 0 aliphatic carbocycles. The van der Waals surface area contributed by atoms with Crippen molar-refractivity contribution in [3.05, 3.63) is 78.1 Å². The highest BCUT2D eigenvalue weighted by atomic mass is 19.1. The molecular formula is C20H20FN3O. The van der Waals surface area contributed by atoms with Crippen LogP contribution in [0.15, 0.2) is 60.9 Å². The Morgan fingerprint density at radius 3 is 2.60 bits per heavy atom. The first-order valence-corrected chi connectivity index (χ1v) is 8.26. The number of nitrogens with one attached hydrogen (secondary N) is 1. The molecular weight excluding hydrogens is 317 g/mol. The van der Waals surface area contributed by atoms with Crippen LogP contribution < -0.4 is 5.32 Å². The number of halogens is 1. The summed E-state index contributed by atoms with van der Waals surface area (Å²) in [6.07, 6.45) is 3.62. The molecule has 0 spiro atoms. The molecule has 0 aliphatic heterocycles. The number of aryl methyl sites for hydroxylation is 1. The lowest BCUT2D eigenvalue weighted by atomic mass is 10.1. The second-order valence-electron chi connectivity index (χ2n) is 5.86. The van der Waals surface area contributed by atoms with Crippen LogP contribution in [0.25, 0.3) is 11.1 Å². The van der Waals surface area contributed by atoms with Crippen LogP contribution in [0.1, 0.15) is 36.1 Å². The molecule has 25 heavy (non-hydrogen) atoms. The van der Waals surface area contributed by atoms with Crippen molar-refractivity contribution >= 4 is 5.91 Å². The Kier molecular flexibility index (Phi) is 4.93. The Balaban J connectivity index is 1.83. The molecule has 3 rings (SSSR count). The van der Waals surface area contributed by atoms with E-state index in [1.807, 2.05) is 48.9 Å². The predicted molar refractivity (Wildman–Crippen MR) is 95.6 cm³/mol. The summed E-state index contributed by atoms with van der Waals surface area (Å²) >= 11 is 0. The zero-order valence-electron chi connectivity index (χ0n) is 14.2. The number of aromatic nitrogens is 2. The van der Waals surface area contributed by atoms with Gasteiger partial charge in [0.05, 0.1) is 11.7 Å². The molecule has 0 aliphatic rings. The summed E-state index contributed by atoms with van der Waals surface area (Å²) in [7, 11) is 0. The standard InChI is InChI=1S/C20H20FN3O/c1-3-24-13-16(15-7-9-17(21)10-8-15)12-19(24)20(25)23-14(2)18-6-4-5-11-22-18/h4-14H,3H2,1-2H3,(H,23,25)/t14-/m0/s1. The minimum Gasteiger partial charge on any atom is -0.343 e. The van der Waals surface area contributed by atoms with E-state index in [0.717, 1.165) is 16.8 Å². The normalized spacial score (nSPS) is 12.0. The molecule has 1 atom stereocenters. The molecule has 2 aromatic heterocycles. The van der Waals surface area contributed by atoms with Crippen molar-refractivity contribution < 1.29 is 9.18 Å². The second-order valence-corrected chi connectivity index (χ2v) is 5.86. The van der Waals surface area contributed by atoms with E-state index >= 15 is 0 Å². The van der Waals surface area contributed by atoms with Crippen molar-refractivity contribution in [3.63, 3.8) is 0 Å². The third kappa shape index (κ3) is 3.76. The summed E-state index contributed by atoms with van der Waals surface area (Å²) in [6, 6.07) is 13.5. The van der Waals surface area contributed by atoms with Crippen LogP contribution in [0, 0.1) is 5.82 Å². The Bertz CT molecular complexity index is 856. The number of hydrogen-bond acceptors (Lipinski definition) is 2. The van der Waals surface area contributed by atoms with Gasteiger partial charge in [-0.1, -0.05) is 18.2 Å². The van der Waals surface area contributed by atoms with Crippen LogP contribution in [0.2, 0.25) is 0 Å². The van der Waals surface area contributed by atoms with Gasteiger partial charge in [-0.25, -0.2) is 4.39 Å². The average molecular weight is 337 g/mol. The summed E-state index contributed by atoms with van der Waals surface area (Å²) in [5.74, 6) is -0.436. The van der Waals surface area contributed by atoms with Gasteiger partial charge in [0.2, 0.25) is 0 Å². The minimum atomic E-state index is -0.277. The van der Waals surface area contributed by atoms with E-state index in [4.69, 9.17) is 0 Å². The lowest BCUT2D eigenvalue weighted by molar-refractivity contribution is 0.0930. The molecule has 1 amide bonds. The number of hydrogen-bond donors (Lipinski definition) is 1. The van der Waals surface area contributed by atoms with Crippen LogP contribution in [-0.2, 0) is 6.54 Å². The summed E-state index contributed by atoms with van der Waals surface area (Å²) in [5.41, 5.74) is 3.15. The zero-order valence-corrected chi connectivity index (χ0v) is 14.2. The number of benzene rings is 1. The van der Waals surface area contributed by atoms with Crippen LogP contribution in [0.3, 0.4) is 0 Å². The van der Waals surface area contributed by atoms with Gasteiger partial charge in [0.1, 0.15) is 11.5 Å². The van der Waals surface area contributed by atoms with E-state index < -0.39 is 0 Å². The molecule has 5 heteroatoms. The largest absolute Gasteiger partial charge is 0.343 e. The van der Waals surface area contributed by atoms with Gasteiger partial charge in [-0.3, -0.25) is 9.78 Å². The number of pyridine rings is 1. The van der Waals surface area contributed by atoms with Crippen LogP contribution in [0.5, 0.6) is 0 Å². The highest BCUT2D eigenvalue weighted by Crippen LogP contribution is 2.23. The molecule has 0 saturated carbocycles. The highest BCUT2D eigenvalue weighted by molar-refractivity contribution is 5.94.